The standard InChI is InChI=1S/C23H26N4O4S3/c1-14-5-7-15(8-6-14)24-20-17(21(28)26-10-3-2-4-19(26)25-20)12-18-22(29)27(23(32)33-18)16-9-11-34(30,31)13-16/h2-4,10,12,14-16,24H,5-9,11,13H2,1H3/b18-12+. The number of pyridine rings is 1. The van der Waals surface area contributed by atoms with Gasteiger partial charge in [0.25, 0.3) is 11.5 Å². The number of nitrogens with one attached hydrogen (secondary N) is 1. The first-order valence-electron chi connectivity index (χ1n) is 11.5. The zero-order valence-electron chi connectivity index (χ0n) is 18.8. The average Bonchev–Trinajstić information content (AvgIpc) is 3.29. The molecular weight excluding hydrogens is 492 g/mol. The molecule has 11 heteroatoms. The summed E-state index contributed by atoms with van der Waals surface area (Å²) in [7, 11) is -3.17. The smallest absolute Gasteiger partial charge is 0.267 e. The Labute approximate surface area is 207 Å². The van der Waals surface area contributed by atoms with Gasteiger partial charge in [0.1, 0.15) is 15.8 Å². The summed E-state index contributed by atoms with van der Waals surface area (Å²) in [6.45, 7) is 2.25. The number of nitrogens with zero attached hydrogens (tertiary/aromatic N) is 3. The van der Waals surface area contributed by atoms with E-state index in [0.29, 0.717) is 38.6 Å². The molecule has 2 aromatic rings. The van der Waals surface area contributed by atoms with Crippen LogP contribution in [0.1, 0.15) is 44.6 Å². The molecule has 180 valence electrons. The third kappa shape index (κ3) is 4.52. The molecule has 1 aliphatic carbocycles. The van der Waals surface area contributed by atoms with E-state index in [1.54, 1.807) is 24.4 Å². The third-order valence-corrected chi connectivity index (χ3v) is 9.88. The number of carbonyl (C=O) groups excluding carboxylic acids is 1. The quantitative estimate of drug-likeness (QED) is 0.487. The summed E-state index contributed by atoms with van der Waals surface area (Å²) in [5.74, 6) is 0.766. The number of hydrogen-bond donors (Lipinski definition) is 1. The number of thioether (sulfide) groups is 1. The number of anilines is 1. The molecule has 0 bridgehead atoms. The van der Waals surface area contributed by atoms with Crippen LogP contribution in [0.5, 0.6) is 0 Å². The molecule has 2 aromatic heterocycles. The van der Waals surface area contributed by atoms with E-state index in [1.807, 2.05) is 6.07 Å². The largest absolute Gasteiger partial charge is 0.367 e. The highest BCUT2D eigenvalue weighted by Crippen LogP contribution is 2.37. The zero-order chi connectivity index (χ0) is 24.0. The number of hydrogen-bond acceptors (Lipinski definition) is 8. The fourth-order valence-corrected chi connectivity index (χ4v) is 7.93. The monoisotopic (exact) mass is 518 g/mol. The minimum absolute atomic E-state index is 0.0534. The van der Waals surface area contributed by atoms with Crippen molar-refractivity contribution in [2.75, 3.05) is 16.8 Å². The molecule has 1 amide bonds. The third-order valence-electron chi connectivity index (χ3n) is 6.80. The van der Waals surface area contributed by atoms with Gasteiger partial charge >= 0.3 is 0 Å². The second-order valence-electron chi connectivity index (χ2n) is 9.32. The van der Waals surface area contributed by atoms with Crippen LogP contribution in [0.4, 0.5) is 5.82 Å². The van der Waals surface area contributed by atoms with Crippen LogP contribution >= 0.6 is 24.0 Å². The number of rotatable bonds is 4. The van der Waals surface area contributed by atoms with E-state index in [0.717, 1.165) is 37.4 Å². The summed E-state index contributed by atoms with van der Waals surface area (Å²) >= 11 is 6.53. The Morgan fingerprint density at radius 2 is 1.94 bits per heavy atom. The van der Waals surface area contributed by atoms with Crippen LogP contribution in [0.25, 0.3) is 11.7 Å². The molecular formula is C23H26N4O4S3. The Kier molecular flexibility index (Phi) is 6.28. The molecule has 2 aliphatic heterocycles. The molecule has 1 saturated carbocycles. The van der Waals surface area contributed by atoms with E-state index in [4.69, 9.17) is 17.2 Å². The highest BCUT2D eigenvalue weighted by Gasteiger charge is 2.42. The SMILES string of the molecule is CC1CCC(Nc2nc3ccccn3c(=O)c2/C=C2/SC(=S)N(C3CCS(=O)(=O)C3)C2=O)CC1. The molecule has 1 N–H and O–H groups in total. The minimum atomic E-state index is -3.17. The normalized spacial score (nSPS) is 28.2. The summed E-state index contributed by atoms with van der Waals surface area (Å²) in [6, 6.07) is 5.11. The predicted octanol–water partition coefficient (Wildman–Crippen LogP) is 3.07. The van der Waals surface area contributed by atoms with Crippen molar-refractivity contribution in [1.29, 1.82) is 0 Å². The first kappa shape index (κ1) is 23.5. The van der Waals surface area contributed by atoms with Crippen molar-refractivity contribution in [2.24, 2.45) is 5.92 Å². The highest BCUT2D eigenvalue weighted by atomic mass is 32.2. The zero-order valence-corrected chi connectivity index (χ0v) is 21.2. The number of sulfone groups is 1. The lowest BCUT2D eigenvalue weighted by molar-refractivity contribution is -0.123. The summed E-state index contributed by atoms with van der Waals surface area (Å²) in [4.78, 5) is 33.1. The Balaban J connectivity index is 1.52. The van der Waals surface area contributed by atoms with Gasteiger partial charge in [-0.1, -0.05) is 37.0 Å². The van der Waals surface area contributed by atoms with Crippen LogP contribution in [-0.2, 0) is 14.6 Å². The summed E-state index contributed by atoms with van der Waals surface area (Å²) in [5, 5.41) is 3.46. The summed E-state index contributed by atoms with van der Waals surface area (Å²) in [5.41, 5.74) is 0.563. The van der Waals surface area contributed by atoms with Gasteiger partial charge in [0.05, 0.1) is 28.0 Å². The number of aromatic nitrogens is 2. The van der Waals surface area contributed by atoms with Crippen molar-refractivity contribution >= 4 is 61.6 Å². The molecule has 1 unspecified atom stereocenters. The van der Waals surface area contributed by atoms with Crippen LogP contribution in [-0.4, -0.2) is 56.5 Å². The molecule has 1 atom stereocenters. The van der Waals surface area contributed by atoms with Gasteiger partial charge in [-0.15, -0.1) is 0 Å². The lowest BCUT2D eigenvalue weighted by Gasteiger charge is -2.27. The fourth-order valence-electron chi connectivity index (χ4n) is 4.85. The lowest BCUT2D eigenvalue weighted by Crippen LogP contribution is -2.39. The van der Waals surface area contributed by atoms with Gasteiger partial charge in [-0.3, -0.25) is 18.9 Å². The van der Waals surface area contributed by atoms with Crippen LogP contribution in [0.2, 0.25) is 0 Å². The predicted molar refractivity (Wildman–Crippen MR) is 139 cm³/mol. The van der Waals surface area contributed by atoms with Crippen molar-refractivity contribution in [2.45, 2.75) is 51.1 Å². The van der Waals surface area contributed by atoms with E-state index in [1.165, 1.54) is 9.30 Å². The van der Waals surface area contributed by atoms with Gasteiger partial charge < -0.3 is 5.32 Å². The van der Waals surface area contributed by atoms with Crippen LogP contribution in [0.15, 0.2) is 34.1 Å². The van der Waals surface area contributed by atoms with Crippen molar-refractivity contribution < 1.29 is 13.2 Å². The number of amides is 1. The maximum absolute atomic E-state index is 13.4. The van der Waals surface area contributed by atoms with Crippen molar-refractivity contribution in [3.63, 3.8) is 0 Å². The molecule has 4 heterocycles. The molecule has 5 rings (SSSR count). The van der Waals surface area contributed by atoms with E-state index in [2.05, 4.69) is 12.2 Å². The van der Waals surface area contributed by atoms with Gasteiger partial charge in [-0.05, 0) is 56.2 Å². The number of carbonyl (C=O) groups is 1. The van der Waals surface area contributed by atoms with E-state index in [9.17, 15) is 18.0 Å². The van der Waals surface area contributed by atoms with Crippen molar-refractivity contribution in [1.82, 2.24) is 14.3 Å². The fraction of sp³-hybridized carbons (Fsp3) is 0.478. The molecule has 2 saturated heterocycles. The lowest BCUT2D eigenvalue weighted by atomic mass is 9.87. The molecule has 3 fully saturated rings. The Bertz CT molecular complexity index is 1360. The van der Waals surface area contributed by atoms with E-state index < -0.39 is 15.9 Å². The van der Waals surface area contributed by atoms with Gasteiger partial charge in [0.15, 0.2) is 9.84 Å². The van der Waals surface area contributed by atoms with Crippen LogP contribution in [0, 0.1) is 5.92 Å². The van der Waals surface area contributed by atoms with Gasteiger partial charge in [-0.25, -0.2) is 13.4 Å². The molecule has 34 heavy (non-hydrogen) atoms. The Morgan fingerprint density at radius 1 is 1.18 bits per heavy atom. The average molecular weight is 519 g/mol. The van der Waals surface area contributed by atoms with Crippen LogP contribution in [0.3, 0.4) is 0 Å². The summed E-state index contributed by atoms with van der Waals surface area (Å²) in [6.07, 6.45) is 7.80. The molecule has 3 aliphatic rings. The highest BCUT2D eigenvalue weighted by molar-refractivity contribution is 8.26. The first-order chi connectivity index (χ1) is 16.2. The molecule has 0 spiro atoms. The molecule has 0 radical (unpaired) electrons. The first-order valence-corrected chi connectivity index (χ1v) is 14.5. The maximum atomic E-state index is 13.4. The van der Waals surface area contributed by atoms with E-state index >= 15 is 0 Å². The maximum Gasteiger partial charge on any atom is 0.267 e. The van der Waals surface area contributed by atoms with Gasteiger partial charge in [0, 0.05) is 12.2 Å². The second kappa shape index (κ2) is 9.09. The molecule has 0 aromatic carbocycles. The van der Waals surface area contributed by atoms with Crippen molar-refractivity contribution in [3.05, 3.63) is 45.2 Å². The van der Waals surface area contributed by atoms with E-state index in [-0.39, 0.29) is 29.0 Å². The summed E-state index contributed by atoms with van der Waals surface area (Å²) < 4.78 is 25.7. The molecule has 8 nitrogen and oxygen atoms in total. The number of fused-ring (bicyclic) bond motifs is 1. The minimum Gasteiger partial charge on any atom is -0.367 e. The van der Waals surface area contributed by atoms with Crippen molar-refractivity contribution in [3.8, 4) is 0 Å². The van der Waals surface area contributed by atoms with Gasteiger partial charge in [0.2, 0.25) is 0 Å². The van der Waals surface area contributed by atoms with Crippen LogP contribution < -0.4 is 10.9 Å². The Morgan fingerprint density at radius 3 is 2.65 bits per heavy atom. The second-order valence-corrected chi connectivity index (χ2v) is 13.2. The Hall–Kier alpha value is -2.24. The number of thiocarbonyl (C=S) groups is 1. The van der Waals surface area contributed by atoms with Gasteiger partial charge in [-0.2, -0.15) is 0 Å². The topological polar surface area (TPSA) is 101 Å².